The highest BCUT2D eigenvalue weighted by Crippen LogP contribution is 2.14. The number of methoxy groups -OCH3 is 1. The van der Waals surface area contributed by atoms with Crippen molar-refractivity contribution in [1.82, 2.24) is 5.32 Å². The minimum absolute atomic E-state index is 0.0610. The van der Waals surface area contributed by atoms with Crippen LogP contribution in [0, 0.1) is 0 Å². The van der Waals surface area contributed by atoms with Gasteiger partial charge in [0.1, 0.15) is 5.75 Å². The van der Waals surface area contributed by atoms with E-state index in [1.54, 1.807) is 7.11 Å². The summed E-state index contributed by atoms with van der Waals surface area (Å²) in [5, 5.41) is 3.29. The van der Waals surface area contributed by atoms with Gasteiger partial charge in [0.25, 0.3) is 0 Å². The Morgan fingerprint density at radius 2 is 2.12 bits per heavy atom. The molecule has 1 fully saturated rings. The quantitative estimate of drug-likeness (QED) is 0.863. The van der Waals surface area contributed by atoms with Crippen molar-refractivity contribution in [3.63, 3.8) is 0 Å². The van der Waals surface area contributed by atoms with Gasteiger partial charge in [0.05, 0.1) is 13.2 Å². The molecule has 1 saturated heterocycles. The lowest BCUT2D eigenvalue weighted by molar-refractivity contribution is -0.120. The first-order valence-electron chi connectivity index (χ1n) is 6.18. The minimum atomic E-state index is 0.0610. The van der Waals surface area contributed by atoms with Gasteiger partial charge in [-0.15, -0.1) is 0 Å². The van der Waals surface area contributed by atoms with Crippen molar-refractivity contribution >= 4 is 5.78 Å². The zero-order valence-corrected chi connectivity index (χ0v) is 10.2. The lowest BCUT2D eigenvalue weighted by Gasteiger charge is -2.22. The number of carbonyl (C=O) groups excluding carboxylic acids is 1. The van der Waals surface area contributed by atoms with E-state index in [-0.39, 0.29) is 6.04 Å². The third kappa shape index (κ3) is 3.30. The van der Waals surface area contributed by atoms with Crippen molar-refractivity contribution in [3.05, 3.63) is 29.8 Å². The van der Waals surface area contributed by atoms with E-state index in [1.807, 2.05) is 24.3 Å². The van der Waals surface area contributed by atoms with Crippen LogP contribution >= 0.6 is 0 Å². The predicted molar refractivity (Wildman–Crippen MR) is 67.3 cm³/mol. The second-order valence-electron chi connectivity index (χ2n) is 4.49. The Labute approximate surface area is 102 Å². The zero-order chi connectivity index (χ0) is 12.1. The molecule has 3 nitrogen and oxygen atoms in total. The molecule has 1 aromatic carbocycles. The average Bonchev–Trinajstić information content (AvgIpc) is 2.40. The van der Waals surface area contributed by atoms with E-state index < -0.39 is 0 Å². The van der Waals surface area contributed by atoms with Crippen molar-refractivity contribution < 1.29 is 9.53 Å². The number of carbonyl (C=O) groups is 1. The topological polar surface area (TPSA) is 38.3 Å². The van der Waals surface area contributed by atoms with Crippen LogP contribution in [0.1, 0.15) is 24.8 Å². The van der Waals surface area contributed by atoms with E-state index in [0.29, 0.717) is 12.2 Å². The van der Waals surface area contributed by atoms with Crippen molar-refractivity contribution in [2.45, 2.75) is 31.7 Å². The molecule has 1 aliphatic rings. The highest BCUT2D eigenvalue weighted by Gasteiger charge is 2.20. The van der Waals surface area contributed by atoms with Gasteiger partial charge >= 0.3 is 0 Å². The third-order valence-electron chi connectivity index (χ3n) is 3.24. The molecule has 1 atom stereocenters. The molecule has 92 valence electrons. The molecule has 2 rings (SSSR count). The van der Waals surface area contributed by atoms with E-state index in [2.05, 4.69) is 5.32 Å². The van der Waals surface area contributed by atoms with E-state index >= 15 is 0 Å². The number of hydrogen-bond acceptors (Lipinski definition) is 3. The maximum Gasteiger partial charge on any atom is 0.154 e. The summed E-state index contributed by atoms with van der Waals surface area (Å²) in [7, 11) is 1.64. The molecule has 0 saturated carbocycles. The molecule has 0 aliphatic carbocycles. The summed E-state index contributed by atoms with van der Waals surface area (Å²) in [6.07, 6.45) is 3.84. The molecule has 0 amide bonds. The largest absolute Gasteiger partial charge is 0.497 e. The number of benzene rings is 1. The second kappa shape index (κ2) is 5.82. The standard InChI is InChI=1S/C14H19NO2/c1-17-12-7-5-11(6-8-12)10-14(16)13-4-2-3-9-15-13/h5-8,13,15H,2-4,9-10H2,1H3. The summed E-state index contributed by atoms with van der Waals surface area (Å²) in [4.78, 5) is 12.0. The molecule has 0 aromatic heterocycles. The highest BCUT2D eigenvalue weighted by atomic mass is 16.5. The van der Waals surface area contributed by atoms with Crippen molar-refractivity contribution in [2.75, 3.05) is 13.7 Å². The van der Waals surface area contributed by atoms with Gasteiger partial charge in [0, 0.05) is 6.42 Å². The number of hydrogen-bond donors (Lipinski definition) is 1. The highest BCUT2D eigenvalue weighted by molar-refractivity contribution is 5.86. The summed E-state index contributed by atoms with van der Waals surface area (Å²) >= 11 is 0. The summed E-state index contributed by atoms with van der Waals surface area (Å²) < 4.78 is 5.09. The van der Waals surface area contributed by atoms with Crippen LogP contribution in [-0.2, 0) is 11.2 Å². The first-order chi connectivity index (χ1) is 8.29. The van der Waals surface area contributed by atoms with Gasteiger partial charge < -0.3 is 10.1 Å². The predicted octanol–water partition coefficient (Wildman–Crippen LogP) is 1.95. The maximum absolute atomic E-state index is 12.0. The summed E-state index contributed by atoms with van der Waals surface area (Å²) in [5.41, 5.74) is 1.06. The van der Waals surface area contributed by atoms with E-state index in [9.17, 15) is 4.79 Å². The van der Waals surface area contributed by atoms with Gasteiger partial charge in [0.15, 0.2) is 5.78 Å². The number of ketones is 1. The van der Waals surface area contributed by atoms with Crippen molar-refractivity contribution in [1.29, 1.82) is 0 Å². The van der Waals surface area contributed by atoms with Crippen LogP contribution in [0.2, 0.25) is 0 Å². The van der Waals surface area contributed by atoms with Gasteiger partial charge in [-0.05, 0) is 37.1 Å². The number of ether oxygens (including phenoxy) is 1. The van der Waals surface area contributed by atoms with Crippen LogP contribution in [-0.4, -0.2) is 25.5 Å². The normalized spacial score (nSPS) is 19.9. The Morgan fingerprint density at radius 3 is 2.71 bits per heavy atom. The van der Waals surface area contributed by atoms with Gasteiger partial charge in [-0.1, -0.05) is 18.6 Å². The molecule has 0 bridgehead atoms. The molecule has 0 radical (unpaired) electrons. The minimum Gasteiger partial charge on any atom is -0.497 e. The van der Waals surface area contributed by atoms with E-state index in [1.165, 1.54) is 6.42 Å². The second-order valence-corrected chi connectivity index (χ2v) is 4.49. The molecule has 0 spiro atoms. The van der Waals surface area contributed by atoms with Crippen LogP contribution < -0.4 is 10.1 Å². The third-order valence-corrected chi connectivity index (χ3v) is 3.24. The Kier molecular flexibility index (Phi) is 4.15. The number of nitrogens with one attached hydrogen (secondary N) is 1. The number of rotatable bonds is 4. The first kappa shape index (κ1) is 12.1. The van der Waals surface area contributed by atoms with Gasteiger partial charge in [-0.2, -0.15) is 0 Å². The lowest BCUT2D eigenvalue weighted by Crippen LogP contribution is -2.41. The number of Topliss-reactive ketones (excluding diaryl/α,β-unsaturated/α-hetero) is 1. The molecule has 1 unspecified atom stereocenters. The summed E-state index contributed by atoms with van der Waals surface area (Å²) in [6, 6.07) is 7.78. The molecule has 3 heteroatoms. The molecule has 1 aromatic rings. The van der Waals surface area contributed by atoms with Gasteiger partial charge in [0.2, 0.25) is 0 Å². The van der Waals surface area contributed by atoms with Crippen LogP contribution in [0.4, 0.5) is 0 Å². The number of piperidine rings is 1. The summed E-state index contributed by atoms with van der Waals surface area (Å²) in [6.45, 7) is 0.971. The van der Waals surface area contributed by atoms with Crippen LogP contribution in [0.15, 0.2) is 24.3 Å². The molecule has 17 heavy (non-hydrogen) atoms. The first-order valence-corrected chi connectivity index (χ1v) is 6.18. The molecule has 1 aliphatic heterocycles. The Balaban J connectivity index is 1.92. The molecule has 1 heterocycles. The Bertz CT molecular complexity index is 366. The Morgan fingerprint density at radius 1 is 1.35 bits per heavy atom. The fraction of sp³-hybridized carbons (Fsp3) is 0.500. The SMILES string of the molecule is COc1ccc(CC(=O)C2CCCCN2)cc1. The lowest BCUT2D eigenvalue weighted by atomic mass is 9.97. The molecular formula is C14H19NO2. The summed E-state index contributed by atoms with van der Waals surface area (Å²) in [5.74, 6) is 1.13. The monoisotopic (exact) mass is 233 g/mol. The smallest absolute Gasteiger partial charge is 0.154 e. The molecular weight excluding hydrogens is 214 g/mol. The zero-order valence-electron chi connectivity index (χ0n) is 10.2. The van der Waals surface area contributed by atoms with Crippen LogP contribution in [0.3, 0.4) is 0 Å². The van der Waals surface area contributed by atoms with Crippen molar-refractivity contribution in [3.8, 4) is 5.75 Å². The fourth-order valence-corrected chi connectivity index (χ4v) is 2.19. The van der Waals surface area contributed by atoms with Gasteiger partial charge in [-0.3, -0.25) is 4.79 Å². The Hall–Kier alpha value is -1.35. The van der Waals surface area contributed by atoms with Crippen molar-refractivity contribution in [2.24, 2.45) is 0 Å². The van der Waals surface area contributed by atoms with Crippen LogP contribution in [0.25, 0.3) is 0 Å². The van der Waals surface area contributed by atoms with E-state index in [0.717, 1.165) is 30.7 Å². The van der Waals surface area contributed by atoms with E-state index in [4.69, 9.17) is 4.74 Å². The fourth-order valence-electron chi connectivity index (χ4n) is 2.19. The molecule has 1 N–H and O–H groups in total. The maximum atomic E-state index is 12.0. The van der Waals surface area contributed by atoms with Gasteiger partial charge in [-0.25, -0.2) is 0 Å². The average molecular weight is 233 g/mol. The van der Waals surface area contributed by atoms with Crippen LogP contribution in [0.5, 0.6) is 5.75 Å².